The third-order valence-electron chi connectivity index (χ3n) is 7.21. The average molecular weight is 407 g/mol. The average Bonchev–Trinajstić information content (AvgIpc) is 2.82. The number of ether oxygens (including phenoxy) is 1. The minimum absolute atomic E-state index is 0.120. The lowest BCUT2D eigenvalue weighted by molar-refractivity contribution is -0.141. The van der Waals surface area contributed by atoms with E-state index >= 15 is 0 Å². The summed E-state index contributed by atoms with van der Waals surface area (Å²) in [6, 6.07) is 14.4. The van der Waals surface area contributed by atoms with Crippen molar-refractivity contribution in [3.05, 3.63) is 48.0 Å². The van der Waals surface area contributed by atoms with Gasteiger partial charge in [0, 0.05) is 50.4 Å². The van der Waals surface area contributed by atoms with Gasteiger partial charge in [-0.15, -0.1) is 0 Å². The summed E-state index contributed by atoms with van der Waals surface area (Å²) in [5.41, 5.74) is 0.773. The summed E-state index contributed by atoms with van der Waals surface area (Å²) in [5, 5.41) is 2.26. The zero-order valence-corrected chi connectivity index (χ0v) is 17.5. The fourth-order valence-electron chi connectivity index (χ4n) is 5.55. The number of benzene rings is 2. The molecule has 158 valence electrons. The third-order valence-corrected chi connectivity index (χ3v) is 7.21. The van der Waals surface area contributed by atoms with E-state index in [-0.39, 0.29) is 17.9 Å². The predicted octanol–water partition coefficient (Wildman–Crippen LogP) is 3.72. The van der Waals surface area contributed by atoms with Crippen molar-refractivity contribution in [3.8, 4) is 0 Å². The SMILES string of the molecule is O=C(C1CCOCC1)N1CC[C@H]2[C@H](CCCN2C(=O)c2ccc3ccccc3c2)C1. The van der Waals surface area contributed by atoms with Crippen LogP contribution in [-0.2, 0) is 9.53 Å². The lowest BCUT2D eigenvalue weighted by Gasteiger charge is -2.48. The van der Waals surface area contributed by atoms with Gasteiger partial charge in [-0.2, -0.15) is 0 Å². The van der Waals surface area contributed by atoms with Crippen molar-refractivity contribution in [2.45, 2.75) is 38.1 Å². The third kappa shape index (κ3) is 3.71. The van der Waals surface area contributed by atoms with Crippen LogP contribution in [0.2, 0.25) is 0 Å². The second-order valence-corrected chi connectivity index (χ2v) is 8.99. The molecule has 3 aliphatic heterocycles. The van der Waals surface area contributed by atoms with Crippen LogP contribution in [0.4, 0.5) is 0 Å². The minimum atomic E-state index is 0.120. The van der Waals surface area contributed by atoms with Crippen LogP contribution in [0.25, 0.3) is 10.8 Å². The Morgan fingerprint density at radius 2 is 1.70 bits per heavy atom. The van der Waals surface area contributed by atoms with Crippen LogP contribution in [0, 0.1) is 11.8 Å². The molecule has 0 radical (unpaired) electrons. The van der Waals surface area contributed by atoms with Gasteiger partial charge in [0.25, 0.3) is 5.91 Å². The van der Waals surface area contributed by atoms with E-state index in [4.69, 9.17) is 4.74 Å². The quantitative estimate of drug-likeness (QED) is 0.764. The van der Waals surface area contributed by atoms with E-state index in [1.165, 1.54) is 0 Å². The summed E-state index contributed by atoms with van der Waals surface area (Å²) in [6.07, 6.45) is 4.69. The number of rotatable bonds is 2. The number of amides is 2. The van der Waals surface area contributed by atoms with Gasteiger partial charge in [-0.25, -0.2) is 0 Å². The molecule has 5 rings (SSSR count). The van der Waals surface area contributed by atoms with Crippen molar-refractivity contribution >= 4 is 22.6 Å². The topological polar surface area (TPSA) is 49.9 Å². The van der Waals surface area contributed by atoms with Crippen LogP contribution in [0.5, 0.6) is 0 Å². The monoisotopic (exact) mass is 406 g/mol. The fraction of sp³-hybridized carbons (Fsp3) is 0.520. The van der Waals surface area contributed by atoms with E-state index in [1.807, 2.05) is 30.3 Å². The Morgan fingerprint density at radius 3 is 2.53 bits per heavy atom. The normalized spacial score (nSPS) is 25.2. The molecule has 5 nitrogen and oxygen atoms in total. The molecule has 0 unspecified atom stereocenters. The van der Waals surface area contributed by atoms with Gasteiger partial charge in [0.2, 0.25) is 5.91 Å². The van der Waals surface area contributed by atoms with Crippen LogP contribution >= 0.6 is 0 Å². The number of piperidine rings is 2. The van der Waals surface area contributed by atoms with Gasteiger partial charge >= 0.3 is 0 Å². The maximum Gasteiger partial charge on any atom is 0.254 e. The molecule has 0 aromatic heterocycles. The summed E-state index contributed by atoms with van der Waals surface area (Å²) in [4.78, 5) is 30.5. The molecule has 3 aliphatic rings. The van der Waals surface area contributed by atoms with E-state index in [0.717, 1.165) is 68.1 Å². The summed E-state index contributed by atoms with van der Waals surface area (Å²) < 4.78 is 5.42. The van der Waals surface area contributed by atoms with Gasteiger partial charge in [-0.3, -0.25) is 9.59 Å². The predicted molar refractivity (Wildman–Crippen MR) is 116 cm³/mol. The standard InChI is InChI=1S/C25H30N2O3/c28-24(19-10-14-30-15-11-19)26-13-9-23-22(17-26)6-3-12-27(23)25(29)21-8-7-18-4-1-2-5-20(18)16-21/h1-2,4-5,7-8,16,19,22-23H,3,6,9-15,17H2/t22-,23+/m1/s1. The molecule has 3 heterocycles. The molecule has 3 fully saturated rings. The lowest BCUT2D eigenvalue weighted by Crippen LogP contribution is -2.57. The van der Waals surface area contributed by atoms with Crippen LogP contribution in [0.3, 0.4) is 0 Å². The Morgan fingerprint density at radius 1 is 0.900 bits per heavy atom. The van der Waals surface area contributed by atoms with Crippen LogP contribution in [0.1, 0.15) is 42.5 Å². The Hall–Kier alpha value is -2.40. The molecule has 0 N–H and O–H groups in total. The highest BCUT2D eigenvalue weighted by molar-refractivity contribution is 5.98. The first-order valence-corrected chi connectivity index (χ1v) is 11.4. The highest BCUT2D eigenvalue weighted by Crippen LogP contribution is 2.33. The van der Waals surface area contributed by atoms with Gasteiger partial charge in [-0.1, -0.05) is 30.3 Å². The molecule has 3 saturated heterocycles. The first kappa shape index (κ1) is 19.6. The zero-order chi connectivity index (χ0) is 20.5. The number of likely N-dealkylation sites (tertiary alicyclic amines) is 2. The van der Waals surface area contributed by atoms with E-state index in [9.17, 15) is 9.59 Å². The van der Waals surface area contributed by atoms with E-state index < -0.39 is 0 Å². The van der Waals surface area contributed by atoms with Crippen molar-refractivity contribution in [1.29, 1.82) is 0 Å². The molecule has 30 heavy (non-hydrogen) atoms. The molecular formula is C25H30N2O3. The summed E-state index contributed by atoms with van der Waals surface area (Å²) in [7, 11) is 0. The Labute approximate surface area is 178 Å². The van der Waals surface area contributed by atoms with Crippen LogP contribution < -0.4 is 0 Å². The van der Waals surface area contributed by atoms with E-state index in [0.29, 0.717) is 25.0 Å². The van der Waals surface area contributed by atoms with Gasteiger partial charge in [0.15, 0.2) is 0 Å². The highest BCUT2D eigenvalue weighted by atomic mass is 16.5. The Kier molecular flexibility index (Phi) is 5.47. The number of hydrogen-bond donors (Lipinski definition) is 0. The smallest absolute Gasteiger partial charge is 0.254 e. The second-order valence-electron chi connectivity index (χ2n) is 8.99. The van der Waals surface area contributed by atoms with Gasteiger partial charge in [0.05, 0.1) is 0 Å². The summed E-state index contributed by atoms with van der Waals surface area (Å²) >= 11 is 0. The van der Waals surface area contributed by atoms with Gasteiger partial charge in [0.1, 0.15) is 0 Å². The summed E-state index contributed by atoms with van der Waals surface area (Å²) in [5.74, 6) is 0.948. The molecule has 0 saturated carbocycles. The number of carbonyl (C=O) groups excluding carboxylic acids is 2. The number of fused-ring (bicyclic) bond motifs is 2. The lowest BCUT2D eigenvalue weighted by atomic mass is 9.82. The first-order valence-electron chi connectivity index (χ1n) is 11.4. The molecule has 0 bridgehead atoms. The van der Waals surface area contributed by atoms with Crippen molar-refractivity contribution in [2.24, 2.45) is 11.8 Å². The molecular weight excluding hydrogens is 376 g/mol. The zero-order valence-electron chi connectivity index (χ0n) is 17.5. The minimum Gasteiger partial charge on any atom is -0.381 e. The molecule has 2 atom stereocenters. The van der Waals surface area contributed by atoms with Crippen molar-refractivity contribution < 1.29 is 14.3 Å². The maximum atomic E-state index is 13.4. The molecule has 2 aromatic rings. The molecule has 2 aromatic carbocycles. The maximum absolute atomic E-state index is 13.4. The Bertz CT molecular complexity index is 937. The molecule has 0 aliphatic carbocycles. The number of nitrogens with zero attached hydrogens (tertiary/aromatic N) is 2. The number of carbonyl (C=O) groups is 2. The van der Waals surface area contributed by atoms with Crippen molar-refractivity contribution in [2.75, 3.05) is 32.8 Å². The van der Waals surface area contributed by atoms with E-state index in [2.05, 4.69) is 21.9 Å². The second kappa shape index (κ2) is 8.38. The first-order chi connectivity index (χ1) is 14.7. The van der Waals surface area contributed by atoms with Gasteiger partial charge in [-0.05, 0) is 60.9 Å². The van der Waals surface area contributed by atoms with Crippen LogP contribution in [0.15, 0.2) is 42.5 Å². The molecule has 5 heteroatoms. The Balaban J connectivity index is 1.29. The van der Waals surface area contributed by atoms with Crippen LogP contribution in [-0.4, -0.2) is 60.5 Å². The van der Waals surface area contributed by atoms with Crippen molar-refractivity contribution in [3.63, 3.8) is 0 Å². The largest absolute Gasteiger partial charge is 0.381 e. The highest BCUT2D eigenvalue weighted by Gasteiger charge is 2.40. The summed E-state index contributed by atoms with van der Waals surface area (Å²) in [6.45, 7) is 3.77. The van der Waals surface area contributed by atoms with Gasteiger partial charge < -0.3 is 14.5 Å². The van der Waals surface area contributed by atoms with E-state index in [1.54, 1.807) is 0 Å². The fourth-order valence-corrected chi connectivity index (χ4v) is 5.55. The molecule has 2 amide bonds. The number of hydrogen-bond acceptors (Lipinski definition) is 3. The van der Waals surface area contributed by atoms with Crippen molar-refractivity contribution in [1.82, 2.24) is 9.80 Å². The molecule has 0 spiro atoms.